The Morgan fingerprint density at radius 2 is 1.85 bits per heavy atom. The number of ether oxygens (including phenoxy) is 1. The average Bonchev–Trinajstić information content (AvgIpc) is 3.05. The molecule has 1 aliphatic heterocycles. The summed E-state index contributed by atoms with van der Waals surface area (Å²) in [6.45, 7) is 6.88. The smallest absolute Gasteiger partial charge is 0.235 e. The summed E-state index contributed by atoms with van der Waals surface area (Å²) in [5.74, 6) is 0.852. The minimum atomic E-state index is -0.240. The van der Waals surface area contributed by atoms with Crippen LogP contribution in [0.2, 0.25) is 0 Å². The number of anilines is 1. The molecule has 1 unspecified atom stereocenters. The molecule has 0 radical (unpaired) electrons. The van der Waals surface area contributed by atoms with E-state index in [-0.39, 0.29) is 11.2 Å². The van der Waals surface area contributed by atoms with Gasteiger partial charge in [0.1, 0.15) is 0 Å². The molecule has 3 rings (SSSR count). The van der Waals surface area contributed by atoms with E-state index in [9.17, 15) is 4.79 Å². The highest BCUT2D eigenvalue weighted by atomic mass is 32.2. The summed E-state index contributed by atoms with van der Waals surface area (Å²) in [7, 11) is 3.53. The van der Waals surface area contributed by atoms with Gasteiger partial charge in [-0.1, -0.05) is 29.5 Å². The Hall–Kier alpha value is -2.06. The second kappa shape index (κ2) is 8.09. The molecule has 0 saturated carbocycles. The molecule has 1 saturated heterocycles. The van der Waals surface area contributed by atoms with Gasteiger partial charge in [0.2, 0.25) is 11.9 Å². The minimum absolute atomic E-state index is 0.0568. The Morgan fingerprint density at radius 1 is 1.19 bits per heavy atom. The first kappa shape index (κ1) is 18.7. The Balaban J connectivity index is 1.97. The molecule has 1 aliphatic rings. The van der Waals surface area contributed by atoms with E-state index in [4.69, 9.17) is 4.74 Å². The number of aromatic nitrogens is 3. The molecule has 1 atom stereocenters. The van der Waals surface area contributed by atoms with Crippen molar-refractivity contribution in [2.75, 3.05) is 45.3 Å². The number of hydrogen-bond donors (Lipinski definition) is 0. The number of thioether (sulfide) groups is 1. The summed E-state index contributed by atoms with van der Waals surface area (Å²) >= 11 is 1.43. The Morgan fingerprint density at radius 3 is 2.46 bits per heavy atom. The summed E-state index contributed by atoms with van der Waals surface area (Å²) in [5, 5.41) is 9.31. The van der Waals surface area contributed by atoms with Gasteiger partial charge in [-0.25, -0.2) is 0 Å². The molecule has 140 valence electrons. The van der Waals surface area contributed by atoms with E-state index in [0.29, 0.717) is 13.2 Å². The molecule has 2 heterocycles. The summed E-state index contributed by atoms with van der Waals surface area (Å²) < 4.78 is 7.49. The number of rotatable bonds is 5. The van der Waals surface area contributed by atoms with Crippen molar-refractivity contribution in [3.8, 4) is 5.69 Å². The normalized spacial score (nSPS) is 15.8. The first-order chi connectivity index (χ1) is 12.5. The standard InChI is InChI=1S/C18H25N5O2S/c1-13-5-7-15(8-6-13)23-17(22-9-11-25-12-10-22)19-20-18(23)26-14(2)16(24)21(3)4/h5-8,14H,9-12H2,1-4H3. The number of carbonyl (C=O) groups is 1. The first-order valence-electron chi connectivity index (χ1n) is 8.70. The molecule has 1 amide bonds. The van der Waals surface area contributed by atoms with E-state index in [1.807, 2.05) is 11.5 Å². The van der Waals surface area contributed by atoms with Crippen molar-refractivity contribution in [3.63, 3.8) is 0 Å². The van der Waals surface area contributed by atoms with Crippen LogP contribution >= 0.6 is 11.8 Å². The SMILES string of the molecule is Cc1ccc(-n2c(SC(C)C(=O)N(C)C)nnc2N2CCOCC2)cc1. The molecule has 1 aromatic carbocycles. The molecule has 7 nitrogen and oxygen atoms in total. The lowest BCUT2D eigenvalue weighted by molar-refractivity contribution is -0.127. The van der Waals surface area contributed by atoms with E-state index in [1.54, 1.807) is 19.0 Å². The highest BCUT2D eigenvalue weighted by Gasteiger charge is 2.25. The third-order valence-corrected chi connectivity index (χ3v) is 5.30. The fourth-order valence-corrected chi connectivity index (χ4v) is 3.81. The number of carbonyl (C=O) groups excluding carboxylic acids is 1. The highest BCUT2D eigenvalue weighted by molar-refractivity contribution is 8.00. The average molecular weight is 375 g/mol. The van der Waals surface area contributed by atoms with Gasteiger partial charge in [-0.3, -0.25) is 9.36 Å². The minimum Gasteiger partial charge on any atom is -0.378 e. The van der Waals surface area contributed by atoms with Crippen molar-refractivity contribution in [1.82, 2.24) is 19.7 Å². The van der Waals surface area contributed by atoms with Crippen molar-refractivity contribution in [2.45, 2.75) is 24.3 Å². The van der Waals surface area contributed by atoms with Crippen molar-refractivity contribution in [2.24, 2.45) is 0 Å². The first-order valence-corrected chi connectivity index (χ1v) is 9.58. The van der Waals surface area contributed by atoms with E-state index >= 15 is 0 Å². The monoisotopic (exact) mass is 375 g/mol. The number of aryl methyl sites for hydroxylation is 1. The topological polar surface area (TPSA) is 63.5 Å². The van der Waals surface area contributed by atoms with Crippen LogP contribution in [0.4, 0.5) is 5.95 Å². The molecule has 26 heavy (non-hydrogen) atoms. The van der Waals surface area contributed by atoms with E-state index in [2.05, 4.69) is 46.3 Å². The van der Waals surface area contributed by atoms with E-state index in [1.165, 1.54) is 17.3 Å². The molecular formula is C18H25N5O2S. The number of nitrogens with zero attached hydrogens (tertiary/aromatic N) is 5. The van der Waals surface area contributed by atoms with Crippen LogP contribution in [0.3, 0.4) is 0 Å². The summed E-state index contributed by atoms with van der Waals surface area (Å²) in [4.78, 5) is 16.1. The molecule has 1 fully saturated rings. The molecule has 0 N–H and O–H groups in total. The summed E-state index contributed by atoms with van der Waals surface area (Å²) in [6, 6.07) is 8.26. The predicted molar refractivity (Wildman–Crippen MR) is 103 cm³/mol. The second-order valence-corrected chi connectivity index (χ2v) is 7.85. The van der Waals surface area contributed by atoms with Gasteiger partial charge in [-0.15, -0.1) is 10.2 Å². The van der Waals surface area contributed by atoms with Crippen LogP contribution in [0, 0.1) is 6.92 Å². The summed E-state index contributed by atoms with van der Waals surface area (Å²) in [5.41, 5.74) is 2.19. The Labute approximate surface area is 158 Å². The van der Waals surface area contributed by atoms with Crippen molar-refractivity contribution in [3.05, 3.63) is 29.8 Å². The van der Waals surface area contributed by atoms with Crippen LogP contribution in [0.25, 0.3) is 5.69 Å². The van der Waals surface area contributed by atoms with Crippen molar-refractivity contribution >= 4 is 23.6 Å². The van der Waals surface area contributed by atoms with Crippen LogP contribution in [0.1, 0.15) is 12.5 Å². The lowest BCUT2D eigenvalue weighted by Crippen LogP contribution is -2.38. The maximum Gasteiger partial charge on any atom is 0.235 e. The molecule has 2 aromatic rings. The lowest BCUT2D eigenvalue weighted by atomic mass is 10.2. The molecule has 8 heteroatoms. The van der Waals surface area contributed by atoms with Crippen LogP contribution in [0.15, 0.2) is 29.4 Å². The van der Waals surface area contributed by atoms with Crippen molar-refractivity contribution < 1.29 is 9.53 Å². The number of amides is 1. The van der Waals surface area contributed by atoms with Gasteiger partial charge in [0.15, 0.2) is 5.16 Å². The lowest BCUT2D eigenvalue weighted by Gasteiger charge is -2.28. The number of morpholine rings is 1. The number of hydrogen-bond acceptors (Lipinski definition) is 6. The van der Waals surface area contributed by atoms with Gasteiger partial charge in [0.05, 0.1) is 24.2 Å². The van der Waals surface area contributed by atoms with Crippen LogP contribution in [-0.4, -0.2) is 71.2 Å². The fraction of sp³-hybridized carbons (Fsp3) is 0.500. The third-order valence-electron chi connectivity index (χ3n) is 4.27. The predicted octanol–water partition coefficient (Wildman–Crippen LogP) is 1.98. The Kier molecular flexibility index (Phi) is 5.83. The summed E-state index contributed by atoms with van der Waals surface area (Å²) in [6.07, 6.45) is 0. The van der Waals surface area contributed by atoms with Gasteiger partial charge in [-0.05, 0) is 26.0 Å². The molecule has 0 spiro atoms. The maximum atomic E-state index is 12.3. The zero-order valence-electron chi connectivity index (χ0n) is 15.7. The maximum absolute atomic E-state index is 12.3. The fourth-order valence-electron chi connectivity index (χ4n) is 2.80. The van der Waals surface area contributed by atoms with Gasteiger partial charge in [0.25, 0.3) is 0 Å². The largest absolute Gasteiger partial charge is 0.378 e. The zero-order valence-corrected chi connectivity index (χ0v) is 16.5. The van der Waals surface area contributed by atoms with Gasteiger partial charge in [-0.2, -0.15) is 0 Å². The quantitative estimate of drug-likeness (QED) is 0.745. The van der Waals surface area contributed by atoms with Gasteiger partial charge >= 0.3 is 0 Å². The number of benzene rings is 1. The zero-order chi connectivity index (χ0) is 18.7. The Bertz CT molecular complexity index is 753. The molecule has 0 bridgehead atoms. The van der Waals surface area contributed by atoms with E-state index in [0.717, 1.165) is 29.9 Å². The second-order valence-electron chi connectivity index (χ2n) is 6.55. The van der Waals surface area contributed by atoms with Gasteiger partial charge < -0.3 is 14.5 Å². The highest BCUT2D eigenvalue weighted by Crippen LogP contribution is 2.30. The van der Waals surface area contributed by atoms with E-state index < -0.39 is 0 Å². The van der Waals surface area contributed by atoms with Crippen molar-refractivity contribution in [1.29, 1.82) is 0 Å². The molecule has 1 aromatic heterocycles. The molecular weight excluding hydrogens is 350 g/mol. The molecule has 0 aliphatic carbocycles. The third kappa shape index (κ3) is 4.02. The van der Waals surface area contributed by atoms with Crippen LogP contribution in [-0.2, 0) is 9.53 Å². The van der Waals surface area contributed by atoms with Crippen LogP contribution in [0.5, 0.6) is 0 Å². The van der Waals surface area contributed by atoms with Gasteiger partial charge in [0, 0.05) is 27.2 Å². The van der Waals surface area contributed by atoms with Crippen LogP contribution < -0.4 is 4.90 Å².